The average molecular weight is 317 g/mol. The molecule has 4 N–H and O–H groups in total. The molecule has 0 bridgehead atoms. The Morgan fingerprint density at radius 1 is 1.48 bits per heavy atom. The Hall–Kier alpha value is -1.71. The molecule has 7 nitrogen and oxygen atoms in total. The van der Waals surface area contributed by atoms with Crippen LogP contribution in [0.2, 0.25) is 0 Å². The molecule has 1 aliphatic heterocycles. The van der Waals surface area contributed by atoms with Gasteiger partial charge in [-0.25, -0.2) is 12.8 Å². The maximum absolute atomic E-state index is 13.7. The van der Waals surface area contributed by atoms with Crippen molar-refractivity contribution in [2.45, 2.75) is 17.9 Å². The van der Waals surface area contributed by atoms with E-state index in [2.05, 4.69) is 0 Å². The third-order valence-corrected chi connectivity index (χ3v) is 5.35. The molecule has 1 aromatic rings. The predicted octanol–water partition coefficient (Wildman–Crippen LogP) is -0.409. The van der Waals surface area contributed by atoms with Gasteiger partial charge in [-0.1, -0.05) is 0 Å². The summed E-state index contributed by atoms with van der Waals surface area (Å²) in [5, 5.41) is 0. The van der Waals surface area contributed by atoms with E-state index in [4.69, 9.17) is 16.2 Å². The molecule has 1 amide bonds. The van der Waals surface area contributed by atoms with Gasteiger partial charge < -0.3 is 16.2 Å². The predicted molar refractivity (Wildman–Crippen MR) is 73.2 cm³/mol. The van der Waals surface area contributed by atoms with Gasteiger partial charge in [-0.15, -0.1) is 0 Å². The van der Waals surface area contributed by atoms with E-state index in [9.17, 15) is 17.6 Å². The SMILES string of the molecule is Cc1c(F)cc(N)cc1S(=O)(=O)N1CCOCC1C(N)=O. The summed E-state index contributed by atoms with van der Waals surface area (Å²) < 4.78 is 45.1. The molecular formula is C12H16FN3O4S. The first kappa shape index (κ1) is 15.7. The zero-order valence-electron chi connectivity index (χ0n) is 11.4. The summed E-state index contributed by atoms with van der Waals surface area (Å²) in [4.78, 5) is 11.1. The van der Waals surface area contributed by atoms with Gasteiger partial charge in [0.2, 0.25) is 15.9 Å². The number of nitrogens with two attached hydrogens (primary N) is 2. The van der Waals surface area contributed by atoms with Gasteiger partial charge in [0.15, 0.2) is 0 Å². The van der Waals surface area contributed by atoms with Crippen molar-refractivity contribution in [3.05, 3.63) is 23.5 Å². The largest absolute Gasteiger partial charge is 0.399 e. The topological polar surface area (TPSA) is 116 Å². The number of nitrogens with zero attached hydrogens (tertiary/aromatic N) is 1. The van der Waals surface area contributed by atoms with Crippen LogP contribution in [0.25, 0.3) is 0 Å². The van der Waals surface area contributed by atoms with E-state index in [0.717, 1.165) is 10.4 Å². The lowest BCUT2D eigenvalue weighted by molar-refractivity contribution is -0.125. The number of hydrogen-bond acceptors (Lipinski definition) is 5. The van der Waals surface area contributed by atoms with E-state index in [1.54, 1.807) is 0 Å². The molecule has 2 rings (SSSR count). The lowest BCUT2D eigenvalue weighted by Gasteiger charge is -2.32. The maximum atomic E-state index is 13.7. The molecule has 1 saturated heterocycles. The first-order chi connectivity index (χ1) is 9.75. The molecule has 116 valence electrons. The molecule has 0 radical (unpaired) electrons. The lowest BCUT2D eigenvalue weighted by Crippen LogP contribution is -2.54. The van der Waals surface area contributed by atoms with Crippen LogP contribution >= 0.6 is 0 Å². The number of carbonyl (C=O) groups excluding carboxylic acids is 1. The van der Waals surface area contributed by atoms with E-state index in [1.165, 1.54) is 13.0 Å². The third-order valence-electron chi connectivity index (χ3n) is 3.31. The number of anilines is 1. The number of rotatable bonds is 3. The molecule has 1 aromatic carbocycles. The number of amides is 1. The molecule has 1 atom stereocenters. The molecule has 9 heteroatoms. The quantitative estimate of drug-likeness (QED) is 0.735. The minimum atomic E-state index is -4.10. The molecule has 0 aromatic heterocycles. The van der Waals surface area contributed by atoms with Crippen molar-refractivity contribution in [3.63, 3.8) is 0 Å². The van der Waals surface area contributed by atoms with Crippen LogP contribution in [0, 0.1) is 12.7 Å². The summed E-state index contributed by atoms with van der Waals surface area (Å²) in [5.41, 5.74) is 10.6. The highest BCUT2D eigenvalue weighted by molar-refractivity contribution is 7.89. The van der Waals surface area contributed by atoms with Crippen molar-refractivity contribution in [1.82, 2.24) is 4.31 Å². The van der Waals surface area contributed by atoms with E-state index in [0.29, 0.717) is 0 Å². The number of morpholine rings is 1. The van der Waals surface area contributed by atoms with Crippen LogP contribution < -0.4 is 11.5 Å². The molecule has 1 fully saturated rings. The van der Waals surface area contributed by atoms with Gasteiger partial charge in [0.25, 0.3) is 0 Å². The van der Waals surface area contributed by atoms with Crippen LogP contribution in [0.3, 0.4) is 0 Å². The Balaban J connectivity index is 2.53. The average Bonchev–Trinajstić information content (AvgIpc) is 2.42. The number of carbonyl (C=O) groups is 1. The van der Waals surface area contributed by atoms with Crippen molar-refractivity contribution in [3.8, 4) is 0 Å². The Morgan fingerprint density at radius 3 is 2.76 bits per heavy atom. The summed E-state index contributed by atoms with van der Waals surface area (Å²) in [6, 6.07) is 1.09. The smallest absolute Gasteiger partial charge is 0.244 e. The second kappa shape index (κ2) is 5.58. The number of primary amides is 1. The van der Waals surface area contributed by atoms with Gasteiger partial charge in [-0.2, -0.15) is 4.31 Å². The first-order valence-corrected chi connectivity index (χ1v) is 7.63. The number of nitrogen functional groups attached to an aromatic ring is 1. The standard InChI is InChI=1S/C12H16FN3O4S/c1-7-9(13)4-8(14)5-11(7)21(18,19)16-2-3-20-6-10(16)12(15)17/h4-5,10H,2-3,6,14H2,1H3,(H2,15,17). The Morgan fingerprint density at radius 2 is 2.14 bits per heavy atom. The fourth-order valence-corrected chi connectivity index (χ4v) is 4.00. The van der Waals surface area contributed by atoms with Gasteiger partial charge in [0.05, 0.1) is 18.1 Å². The van der Waals surface area contributed by atoms with E-state index in [-0.39, 0.29) is 35.9 Å². The Bertz CT molecular complexity index is 677. The summed E-state index contributed by atoms with van der Waals surface area (Å²) in [7, 11) is -4.10. The van der Waals surface area contributed by atoms with Crippen molar-refractivity contribution in [1.29, 1.82) is 0 Å². The molecule has 1 heterocycles. The van der Waals surface area contributed by atoms with E-state index >= 15 is 0 Å². The monoisotopic (exact) mass is 317 g/mol. The van der Waals surface area contributed by atoms with E-state index < -0.39 is 27.8 Å². The highest BCUT2D eigenvalue weighted by atomic mass is 32.2. The van der Waals surface area contributed by atoms with Crippen LogP contribution in [0.4, 0.5) is 10.1 Å². The number of hydrogen-bond donors (Lipinski definition) is 2. The molecule has 0 aliphatic carbocycles. The molecule has 0 saturated carbocycles. The van der Waals surface area contributed by atoms with Gasteiger partial charge in [-0.05, 0) is 19.1 Å². The maximum Gasteiger partial charge on any atom is 0.244 e. The number of sulfonamides is 1. The van der Waals surface area contributed by atoms with Crippen LogP contribution in [0.5, 0.6) is 0 Å². The highest BCUT2D eigenvalue weighted by Gasteiger charge is 2.38. The molecule has 1 unspecified atom stereocenters. The first-order valence-electron chi connectivity index (χ1n) is 6.19. The van der Waals surface area contributed by atoms with Crippen LogP contribution in [-0.2, 0) is 19.6 Å². The van der Waals surface area contributed by atoms with E-state index in [1.807, 2.05) is 0 Å². The molecular weight excluding hydrogens is 301 g/mol. The summed E-state index contributed by atoms with van der Waals surface area (Å²) in [6.45, 7) is 1.30. The van der Waals surface area contributed by atoms with Crippen molar-refractivity contribution >= 4 is 21.6 Å². The summed E-state index contributed by atoms with van der Waals surface area (Å²) in [6.07, 6.45) is 0. The number of ether oxygens (including phenoxy) is 1. The van der Waals surface area contributed by atoms with Crippen molar-refractivity contribution in [2.24, 2.45) is 5.73 Å². The zero-order chi connectivity index (χ0) is 15.8. The fourth-order valence-electron chi connectivity index (χ4n) is 2.17. The third kappa shape index (κ3) is 2.85. The lowest BCUT2D eigenvalue weighted by atomic mass is 10.2. The molecule has 21 heavy (non-hydrogen) atoms. The zero-order valence-corrected chi connectivity index (χ0v) is 12.2. The molecule has 1 aliphatic rings. The highest BCUT2D eigenvalue weighted by Crippen LogP contribution is 2.27. The minimum Gasteiger partial charge on any atom is -0.399 e. The van der Waals surface area contributed by atoms with Gasteiger partial charge in [0.1, 0.15) is 11.9 Å². The van der Waals surface area contributed by atoms with Crippen LogP contribution in [-0.4, -0.2) is 44.4 Å². The Labute approximate surface area is 121 Å². The normalized spacial score (nSPS) is 20.4. The van der Waals surface area contributed by atoms with Gasteiger partial charge >= 0.3 is 0 Å². The van der Waals surface area contributed by atoms with Gasteiger partial charge in [0, 0.05) is 17.8 Å². The molecule has 0 spiro atoms. The summed E-state index contributed by atoms with van der Waals surface area (Å²) in [5.74, 6) is -1.54. The number of halogens is 1. The summed E-state index contributed by atoms with van der Waals surface area (Å²) >= 11 is 0. The fraction of sp³-hybridized carbons (Fsp3) is 0.417. The van der Waals surface area contributed by atoms with Crippen LogP contribution in [0.15, 0.2) is 17.0 Å². The second-order valence-electron chi connectivity index (χ2n) is 4.73. The minimum absolute atomic E-state index is 0.0134. The van der Waals surface area contributed by atoms with Crippen molar-refractivity contribution in [2.75, 3.05) is 25.5 Å². The number of benzene rings is 1. The van der Waals surface area contributed by atoms with Crippen LogP contribution in [0.1, 0.15) is 5.56 Å². The Kier molecular flexibility index (Phi) is 4.17. The van der Waals surface area contributed by atoms with Crippen molar-refractivity contribution < 1.29 is 22.3 Å². The second-order valence-corrected chi connectivity index (χ2v) is 6.59. The van der Waals surface area contributed by atoms with Gasteiger partial charge in [-0.3, -0.25) is 4.79 Å².